The Labute approximate surface area is 857 Å². The van der Waals surface area contributed by atoms with Crippen molar-refractivity contribution in [3.8, 4) is 134 Å². The smallest absolute Gasteiger partial charge is 0.0165 e. The van der Waals surface area contributed by atoms with Gasteiger partial charge in [-0.2, -0.15) is 0 Å². The molecule has 0 heterocycles. The van der Waals surface area contributed by atoms with E-state index in [1.165, 1.54) is 296 Å². The average molecular weight is 1870 g/mol. The quantitative estimate of drug-likeness (QED) is 0.126. The van der Waals surface area contributed by atoms with Gasteiger partial charge in [0, 0.05) is 16.2 Å². The minimum atomic E-state index is -0.0750. The SMILES string of the molecule is CC1(C)c2cc(-c3cc(-c4ccc5cc(-c6ccc7ccccc7c6)ccc5c4)c4ccccc4c3)ccc2-c2cc3ccccc3cc21.CC1(C)c2cc(-c3ccc4cc(-c5ccc6ccccc6c5)ccc4c3)ccc2-c2cc3cc(-c4ccccc4)ccc3cc21.CC1(C)c2ccc(-c3cccc(-c4ccc5cc(-c6cc7ccc8ccccc8c7c7ccccc67)ccc5c4)c3)cc2-c2ccc3ccccc3c21. The van der Waals surface area contributed by atoms with E-state index in [0.29, 0.717) is 0 Å². The maximum atomic E-state index is 2.45. The zero-order valence-electron chi connectivity index (χ0n) is 83.0. The van der Waals surface area contributed by atoms with Gasteiger partial charge in [-0.15, -0.1) is 0 Å². The van der Waals surface area contributed by atoms with Crippen LogP contribution in [0.5, 0.6) is 0 Å². The maximum absolute atomic E-state index is 2.45. The lowest BCUT2D eigenvalue weighted by molar-refractivity contribution is 0.661. The summed E-state index contributed by atoms with van der Waals surface area (Å²) in [4.78, 5) is 0. The molecule has 0 bridgehead atoms. The second-order valence-corrected chi connectivity index (χ2v) is 42.6. The Morgan fingerprint density at radius 3 is 0.918 bits per heavy atom. The molecule has 690 valence electrons. The molecule has 0 radical (unpaired) electrons. The summed E-state index contributed by atoms with van der Waals surface area (Å²) < 4.78 is 0. The van der Waals surface area contributed by atoms with Crippen LogP contribution in [0.2, 0.25) is 0 Å². The van der Waals surface area contributed by atoms with Crippen molar-refractivity contribution in [2.45, 2.75) is 57.8 Å². The highest BCUT2D eigenvalue weighted by molar-refractivity contribution is 6.24. The molecule has 0 atom stereocenters. The first-order chi connectivity index (χ1) is 72.0. The van der Waals surface area contributed by atoms with Gasteiger partial charge >= 0.3 is 0 Å². The molecular weight excluding hydrogens is 1770 g/mol. The van der Waals surface area contributed by atoms with Gasteiger partial charge in [0.25, 0.3) is 0 Å². The second kappa shape index (κ2) is 34.1. The van der Waals surface area contributed by atoms with Gasteiger partial charge in [-0.25, -0.2) is 0 Å². The molecule has 0 heteroatoms. The Bertz CT molecular complexity index is 10200. The predicted octanol–water partition coefficient (Wildman–Crippen LogP) is 40.8. The molecule has 0 N–H and O–H groups in total. The zero-order chi connectivity index (χ0) is 98.1. The first-order valence-corrected chi connectivity index (χ1v) is 51.7. The minimum absolute atomic E-state index is 0.0485. The van der Waals surface area contributed by atoms with E-state index < -0.39 is 0 Å². The van der Waals surface area contributed by atoms with E-state index >= 15 is 0 Å². The molecule has 30 rings (SSSR count). The van der Waals surface area contributed by atoms with Crippen LogP contribution in [0.25, 0.3) is 263 Å². The average Bonchev–Trinajstić information content (AvgIpc) is 1.61. The lowest BCUT2D eigenvalue weighted by Crippen LogP contribution is -2.15. The number of benzene rings is 27. The number of fused-ring (bicyclic) bond motifs is 24. The first-order valence-electron chi connectivity index (χ1n) is 51.7. The van der Waals surface area contributed by atoms with Gasteiger partial charge in [0.2, 0.25) is 0 Å². The normalized spacial score (nSPS) is 13.3. The molecule has 27 aromatic carbocycles. The predicted molar refractivity (Wildman–Crippen MR) is 631 cm³/mol. The lowest BCUT2D eigenvalue weighted by atomic mass is 9.80. The lowest BCUT2D eigenvalue weighted by Gasteiger charge is -2.23. The van der Waals surface area contributed by atoms with Gasteiger partial charge in [-0.3, -0.25) is 0 Å². The van der Waals surface area contributed by atoms with E-state index in [0.717, 1.165) is 0 Å². The maximum Gasteiger partial charge on any atom is 0.0165 e. The van der Waals surface area contributed by atoms with Crippen molar-refractivity contribution in [1.82, 2.24) is 0 Å². The van der Waals surface area contributed by atoms with Crippen LogP contribution in [0, 0.1) is 0 Å². The van der Waals surface area contributed by atoms with Crippen molar-refractivity contribution < 1.29 is 0 Å². The molecule has 3 aliphatic rings. The van der Waals surface area contributed by atoms with Crippen molar-refractivity contribution in [2.24, 2.45) is 0 Å². The minimum Gasteiger partial charge on any atom is -0.0622 e. The summed E-state index contributed by atoms with van der Waals surface area (Å²) in [6.07, 6.45) is 0. The Kier molecular flexibility index (Phi) is 20.2. The Hall–Kier alpha value is -17.9. The third kappa shape index (κ3) is 14.8. The molecule has 0 saturated carbocycles. The van der Waals surface area contributed by atoms with Gasteiger partial charge in [-0.05, 0) is 418 Å². The molecule has 0 nitrogen and oxygen atoms in total. The third-order valence-electron chi connectivity index (χ3n) is 32.9. The fraction of sp³-hybridized carbons (Fsp3) is 0.0612. The third-order valence-corrected chi connectivity index (χ3v) is 32.9. The highest BCUT2D eigenvalue weighted by atomic mass is 14.4. The van der Waals surface area contributed by atoms with Gasteiger partial charge in [0.15, 0.2) is 0 Å². The van der Waals surface area contributed by atoms with E-state index in [-0.39, 0.29) is 16.2 Å². The standard InChI is InChI=1S/C53H36.C49H34.C45H32/c1-53(2)50-27-25-40(31-49(50)47-26-24-34-11-4-6-15-44(34)52(47)53)36-13-9-12-35(28-36)37-19-20-39-30-41(22-21-38(39)29-37)48-32-42-23-18-33-10-3-5-14-43(33)51(42)46-17-8-7-16-45(46)48;1-49(2)47-30-39(21-22-44(47)46-27-33-11-5-6-12-34(33)29-48(46)49)42-26-40-13-7-8-14-43(40)45(28-42)41-20-19-37-24-36(17-18-38(37)25-41)35-16-15-31-9-3-4-10-32(31)23-35;1-45(2)43-27-38(20-21-41(43)42-26-40-25-32(29-8-4-3-5-9-29)14-19-39(40)28-44(42)45)37-18-17-35-23-34(15-16-36(35)24-37)33-13-12-30-10-6-7-11-31(30)22-33/h3-32H,1-2H3;3-30H,1-2H3;3-28H,1-2H3. The van der Waals surface area contributed by atoms with Crippen LogP contribution in [-0.2, 0) is 16.2 Å². The van der Waals surface area contributed by atoms with Crippen molar-refractivity contribution in [1.29, 1.82) is 0 Å². The van der Waals surface area contributed by atoms with Crippen LogP contribution in [0.1, 0.15) is 74.9 Å². The molecule has 0 aromatic heterocycles. The van der Waals surface area contributed by atoms with Crippen molar-refractivity contribution in [2.75, 3.05) is 0 Å². The van der Waals surface area contributed by atoms with Crippen LogP contribution in [0.3, 0.4) is 0 Å². The second-order valence-electron chi connectivity index (χ2n) is 42.6. The van der Waals surface area contributed by atoms with Crippen LogP contribution in [0.4, 0.5) is 0 Å². The van der Waals surface area contributed by atoms with Gasteiger partial charge in [0.05, 0.1) is 0 Å². The monoisotopic (exact) mass is 1870 g/mol. The summed E-state index contributed by atoms with van der Waals surface area (Å²) in [6.45, 7) is 14.3. The highest BCUT2D eigenvalue weighted by Gasteiger charge is 2.40. The first kappa shape index (κ1) is 86.9. The summed E-state index contributed by atoms with van der Waals surface area (Å²) in [5.41, 5.74) is 39.0. The van der Waals surface area contributed by atoms with E-state index in [2.05, 4.69) is 551 Å². The molecule has 27 aromatic rings. The summed E-state index contributed by atoms with van der Waals surface area (Å²) in [7, 11) is 0. The van der Waals surface area contributed by atoms with Gasteiger partial charge in [-0.1, -0.05) is 430 Å². The fourth-order valence-electron chi connectivity index (χ4n) is 25.1. The highest BCUT2D eigenvalue weighted by Crippen LogP contribution is 2.57. The molecule has 0 saturated heterocycles. The van der Waals surface area contributed by atoms with Crippen LogP contribution < -0.4 is 0 Å². The summed E-state index contributed by atoms with van der Waals surface area (Å²) in [5.74, 6) is 0. The zero-order valence-corrected chi connectivity index (χ0v) is 83.0. The molecule has 3 aliphatic carbocycles. The Morgan fingerprint density at radius 1 is 0.109 bits per heavy atom. The van der Waals surface area contributed by atoms with Crippen LogP contribution in [0.15, 0.2) is 510 Å². The molecular formula is C147H102. The number of rotatable bonds is 9. The number of hydrogen-bond acceptors (Lipinski definition) is 0. The van der Waals surface area contributed by atoms with Crippen LogP contribution >= 0.6 is 0 Å². The molecule has 0 fully saturated rings. The molecule has 0 aliphatic heterocycles. The summed E-state index contributed by atoms with van der Waals surface area (Å²) >= 11 is 0. The summed E-state index contributed by atoms with van der Waals surface area (Å²) in [6, 6.07) is 190. The van der Waals surface area contributed by atoms with Gasteiger partial charge < -0.3 is 0 Å². The number of hydrogen-bond donors (Lipinski definition) is 0. The molecule has 147 heavy (non-hydrogen) atoms. The van der Waals surface area contributed by atoms with Gasteiger partial charge in [0.1, 0.15) is 0 Å². The molecule has 0 unspecified atom stereocenters. The van der Waals surface area contributed by atoms with E-state index in [1.54, 1.807) is 0 Å². The Balaban J connectivity index is 0.000000107. The Morgan fingerprint density at radius 2 is 0.388 bits per heavy atom. The van der Waals surface area contributed by atoms with E-state index in [4.69, 9.17) is 0 Å². The van der Waals surface area contributed by atoms with Crippen LogP contribution in [-0.4, -0.2) is 0 Å². The van der Waals surface area contributed by atoms with E-state index in [9.17, 15) is 0 Å². The molecule has 0 amide bonds. The topological polar surface area (TPSA) is 0 Å². The van der Waals surface area contributed by atoms with Crippen molar-refractivity contribution in [3.63, 3.8) is 0 Å². The van der Waals surface area contributed by atoms with E-state index in [1.807, 2.05) is 0 Å². The van der Waals surface area contributed by atoms with Crippen molar-refractivity contribution >= 4 is 129 Å². The largest absolute Gasteiger partial charge is 0.0622 e. The molecule has 0 spiro atoms. The fourth-order valence-corrected chi connectivity index (χ4v) is 25.1. The van der Waals surface area contributed by atoms with Crippen molar-refractivity contribution in [3.05, 3.63) is 543 Å². The summed E-state index contributed by atoms with van der Waals surface area (Å²) in [5, 5.41) is 30.8.